The molecule has 0 bridgehead atoms. The number of hydrogen-bond donors (Lipinski definition) is 2. The zero-order valence-corrected chi connectivity index (χ0v) is 10.8. The van der Waals surface area contributed by atoms with Crippen LogP contribution in [0.4, 0.5) is 0 Å². The first-order valence-corrected chi connectivity index (χ1v) is 6.47. The molecule has 17 heavy (non-hydrogen) atoms. The first-order valence-electron chi connectivity index (χ1n) is 5.66. The van der Waals surface area contributed by atoms with Crippen LogP contribution in [0, 0.1) is 45.8 Å². The number of rotatable bonds is 3. The van der Waals surface area contributed by atoms with Gasteiger partial charge in [0.2, 0.25) is 0 Å². The molecule has 0 spiro atoms. The molecule has 1 rings (SSSR count). The molecule has 4 nitrogen and oxygen atoms in total. The van der Waals surface area contributed by atoms with Crippen LogP contribution in [0.25, 0.3) is 0 Å². The Balaban J connectivity index is 3.26. The van der Waals surface area contributed by atoms with Crippen molar-refractivity contribution >= 4 is 16.8 Å². The number of nitrogens with one attached hydrogen (secondary N) is 1. The van der Waals surface area contributed by atoms with Gasteiger partial charge in [0.15, 0.2) is 0 Å². The smallest absolute Gasteiger partial charge is 0.102 e. The van der Waals surface area contributed by atoms with Crippen molar-refractivity contribution in [1.82, 2.24) is 0 Å². The topological polar surface area (TPSA) is 97.4 Å². The molecule has 0 radical (unpaired) electrons. The summed E-state index contributed by atoms with van der Waals surface area (Å²) in [7, 11) is 0. The van der Waals surface area contributed by atoms with Crippen LogP contribution >= 0.6 is 11.8 Å². The second kappa shape index (κ2) is 5.75. The predicted molar refractivity (Wildman–Crippen MR) is 68.8 cm³/mol. The Bertz CT molecular complexity index is 423. The Morgan fingerprint density at radius 3 is 2.41 bits per heavy atom. The highest BCUT2D eigenvalue weighted by Crippen LogP contribution is 2.42. The van der Waals surface area contributed by atoms with Crippen molar-refractivity contribution < 1.29 is 0 Å². The largest absolute Gasteiger partial charge is 0.392 e. The van der Waals surface area contributed by atoms with Crippen LogP contribution in [0.5, 0.6) is 0 Å². The Morgan fingerprint density at radius 1 is 1.41 bits per heavy atom. The number of nitrogens with two attached hydrogens (primary N) is 1. The molecule has 0 aromatic carbocycles. The lowest BCUT2D eigenvalue weighted by molar-refractivity contribution is 0.336. The summed E-state index contributed by atoms with van der Waals surface area (Å²) in [5.41, 5.74) is 6.30. The van der Waals surface area contributed by atoms with Crippen molar-refractivity contribution in [3.8, 4) is 12.1 Å². The lowest BCUT2D eigenvalue weighted by Gasteiger charge is -2.32. The van der Waals surface area contributed by atoms with Gasteiger partial charge in [0.05, 0.1) is 27.8 Å². The van der Waals surface area contributed by atoms with Gasteiger partial charge in [-0.25, -0.2) is 0 Å². The highest BCUT2D eigenvalue weighted by Gasteiger charge is 2.39. The van der Waals surface area contributed by atoms with Crippen molar-refractivity contribution in [1.29, 1.82) is 15.9 Å². The van der Waals surface area contributed by atoms with E-state index in [-0.39, 0.29) is 16.9 Å². The Kier molecular flexibility index (Phi) is 4.60. The lowest BCUT2D eigenvalue weighted by atomic mass is 9.75. The van der Waals surface area contributed by atoms with Crippen molar-refractivity contribution in [3.63, 3.8) is 0 Å². The predicted octanol–water partition coefficient (Wildman–Crippen LogP) is 2.60. The fraction of sp³-hybridized carbons (Fsp3) is 0.583. The third-order valence-corrected chi connectivity index (χ3v) is 4.19. The highest BCUT2D eigenvalue weighted by atomic mass is 32.2. The third-order valence-electron chi connectivity index (χ3n) is 3.28. The van der Waals surface area contributed by atoms with E-state index < -0.39 is 5.92 Å². The normalized spacial score (nSPS) is 24.6. The van der Waals surface area contributed by atoms with Crippen molar-refractivity contribution in [3.05, 3.63) is 10.6 Å². The van der Waals surface area contributed by atoms with Crippen molar-refractivity contribution in [2.45, 2.75) is 26.7 Å². The fourth-order valence-electron chi connectivity index (χ4n) is 2.30. The van der Waals surface area contributed by atoms with Crippen molar-refractivity contribution in [2.24, 2.45) is 23.5 Å². The Labute approximate surface area is 106 Å². The Morgan fingerprint density at radius 2 is 2.00 bits per heavy atom. The summed E-state index contributed by atoms with van der Waals surface area (Å²) >= 11 is 1.04. The summed E-state index contributed by atoms with van der Waals surface area (Å²) < 4.78 is 0. The maximum Gasteiger partial charge on any atom is 0.102 e. The van der Waals surface area contributed by atoms with Gasteiger partial charge in [0, 0.05) is 5.92 Å². The van der Waals surface area contributed by atoms with Crippen LogP contribution < -0.4 is 5.73 Å². The minimum Gasteiger partial charge on any atom is -0.392 e. The fourth-order valence-corrected chi connectivity index (χ4v) is 3.16. The van der Waals surface area contributed by atoms with E-state index in [4.69, 9.17) is 11.1 Å². The van der Waals surface area contributed by atoms with Gasteiger partial charge in [0.25, 0.3) is 0 Å². The number of thioether (sulfide) groups is 1. The minimum absolute atomic E-state index is 0.214. The average molecular weight is 248 g/mol. The molecule has 3 N–H and O–H groups in total. The summed E-state index contributed by atoms with van der Waals surface area (Å²) in [6, 6.07) is 4.28. The molecule has 1 heterocycles. The van der Waals surface area contributed by atoms with E-state index in [0.29, 0.717) is 10.6 Å². The van der Waals surface area contributed by atoms with Crippen LogP contribution in [-0.4, -0.2) is 5.04 Å². The first kappa shape index (κ1) is 13.6. The molecule has 0 saturated carbocycles. The molecular weight excluding hydrogens is 232 g/mol. The van der Waals surface area contributed by atoms with E-state index >= 15 is 0 Å². The SMILES string of the molecule is CCC(CC)[C@@H]1C(C#N)=C(N)SC(=N)[C@@H]1C#N. The molecule has 1 aliphatic rings. The summed E-state index contributed by atoms with van der Waals surface area (Å²) in [5, 5.41) is 26.9. The molecule has 1 aliphatic heterocycles. The van der Waals surface area contributed by atoms with Gasteiger partial charge in [-0.2, -0.15) is 10.5 Å². The van der Waals surface area contributed by atoms with Gasteiger partial charge in [-0.3, -0.25) is 5.41 Å². The van der Waals surface area contributed by atoms with Crippen LogP contribution in [-0.2, 0) is 0 Å². The van der Waals surface area contributed by atoms with Crippen LogP contribution in [0.2, 0.25) is 0 Å². The number of allylic oxidation sites excluding steroid dienone is 1. The second-order valence-corrected chi connectivity index (χ2v) is 5.15. The Hall–Kier alpha value is -1.46. The van der Waals surface area contributed by atoms with E-state index in [1.807, 2.05) is 13.8 Å². The maximum absolute atomic E-state index is 9.19. The molecule has 90 valence electrons. The zero-order chi connectivity index (χ0) is 13.0. The molecule has 0 aliphatic carbocycles. The molecule has 2 atom stereocenters. The molecular formula is C12H16N4S. The molecule has 0 saturated heterocycles. The molecule has 0 amide bonds. The summed E-state index contributed by atoms with van der Waals surface area (Å²) in [4.78, 5) is 0. The van der Waals surface area contributed by atoms with E-state index in [2.05, 4.69) is 12.1 Å². The van der Waals surface area contributed by atoms with Crippen LogP contribution in [0.1, 0.15) is 26.7 Å². The molecule has 0 aromatic heterocycles. The zero-order valence-electron chi connectivity index (χ0n) is 10.0. The third kappa shape index (κ3) is 2.45. The van der Waals surface area contributed by atoms with Crippen LogP contribution in [0.3, 0.4) is 0 Å². The number of nitrogens with zero attached hydrogens (tertiary/aromatic N) is 2. The van der Waals surface area contributed by atoms with E-state index in [1.165, 1.54) is 0 Å². The van der Waals surface area contributed by atoms with Gasteiger partial charge in [0.1, 0.15) is 5.92 Å². The van der Waals surface area contributed by atoms with E-state index in [9.17, 15) is 10.5 Å². The second-order valence-electron chi connectivity index (χ2n) is 4.07. The summed E-state index contributed by atoms with van der Waals surface area (Å²) in [6.45, 7) is 4.08. The molecule has 0 aromatic rings. The van der Waals surface area contributed by atoms with Gasteiger partial charge in [-0.05, 0) is 5.92 Å². The lowest BCUT2D eigenvalue weighted by Crippen LogP contribution is -2.33. The minimum atomic E-state index is -0.521. The summed E-state index contributed by atoms with van der Waals surface area (Å²) in [5.74, 6) is -0.505. The molecule has 0 fully saturated rings. The highest BCUT2D eigenvalue weighted by molar-refractivity contribution is 8.17. The number of hydrogen-bond acceptors (Lipinski definition) is 5. The van der Waals surface area contributed by atoms with Crippen LogP contribution in [0.15, 0.2) is 10.6 Å². The molecule has 0 unspecified atom stereocenters. The van der Waals surface area contributed by atoms with Crippen molar-refractivity contribution in [2.75, 3.05) is 0 Å². The van der Waals surface area contributed by atoms with Gasteiger partial charge >= 0.3 is 0 Å². The average Bonchev–Trinajstić information content (AvgIpc) is 2.31. The van der Waals surface area contributed by atoms with Gasteiger partial charge < -0.3 is 5.73 Å². The van der Waals surface area contributed by atoms with Gasteiger partial charge in [-0.1, -0.05) is 38.5 Å². The standard InChI is InChI=1S/C12H16N4S/c1-3-7(4-2)10-8(5-13)11(15)17-12(16)9(10)6-14/h7-8,10,15H,3-4,16H2,1-2H3/t8-,10+/m1/s1. The number of nitriles is 2. The monoisotopic (exact) mass is 248 g/mol. The first-order chi connectivity index (χ1) is 8.10. The summed E-state index contributed by atoms with van der Waals surface area (Å²) in [6.07, 6.45) is 1.77. The van der Waals surface area contributed by atoms with E-state index in [1.54, 1.807) is 0 Å². The molecule has 5 heteroatoms. The maximum atomic E-state index is 9.19. The quantitative estimate of drug-likeness (QED) is 0.802. The van der Waals surface area contributed by atoms with Gasteiger partial charge in [-0.15, -0.1) is 0 Å². The van der Waals surface area contributed by atoms with E-state index in [0.717, 1.165) is 24.6 Å².